The molecule has 1 atom stereocenters. The van der Waals surface area contributed by atoms with Crippen LogP contribution in [-0.4, -0.2) is 47.3 Å². The lowest BCUT2D eigenvalue weighted by atomic mass is 9.99. The van der Waals surface area contributed by atoms with Crippen LogP contribution in [0, 0.1) is 19.7 Å². The summed E-state index contributed by atoms with van der Waals surface area (Å²) in [6.45, 7) is 4.08. The Kier molecular flexibility index (Phi) is 6.87. The average Bonchev–Trinajstić information content (AvgIpc) is 3.49. The summed E-state index contributed by atoms with van der Waals surface area (Å²) in [7, 11) is 0. The number of cyclic esters (lactones) is 1. The van der Waals surface area contributed by atoms with E-state index in [2.05, 4.69) is 15.6 Å². The van der Waals surface area contributed by atoms with Gasteiger partial charge in [-0.3, -0.25) is 14.5 Å². The summed E-state index contributed by atoms with van der Waals surface area (Å²) in [5.41, 5.74) is 4.57. The van der Waals surface area contributed by atoms with Crippen molar-refractivity contribution in [3.63, 3.8) is 0 Å². The van der Waals surface area contributed by atoms with Crippen LogP contribution in [0.25, 0.3) is 16.7 Å². The van der Waals surface area contributed by atoms with E-state index in [4.69, 9.17) is 4.74 Å². The number of ketones is 1. The van der Waals surface area contributed by atoms with E-state index in [0.29, 0.717) is 22.3 Å². The molecule has 1 aliphatic heterocycles. The van der Waals surface area contributed by atoms with Gasteiger partial charge in [-0.25, -0.2) is 9.18 Å². The first-order valence-electron chi connectivity index (χ1n) is 12.3. The zero-order valence-corrected chi connectivity index (χ0v) is 21.0. The van der Waals surface area contributed by atoms with E-state index in [1.165, 1.54) is 15.6 Å². The fraction of sp³-hybridized carbons (Fsp3) is 0.250. The van der Waals surface area contributed by atoms with E-state index >= 15 is 4.39 Å². The van der Waals surface area contributed by atoms with E-state index in [0.717, 1.165) is 11.1 Å². The Bertz CT molecular complexity index is 1550. The number of carbonyl (C=O) groups excluding carboxylic acids is 3. The topological polar surface area (TPSA) is 108 Å². The molecule has 194 valence electrons. The zero-order valence-electron chi connectivity index (χ0n) is 21.0. The Morgan fingerprint density at radius 3 is 2.74 bits per heavy atom. The standard InChI is InChI=1S/C28H26FN5O4/c1-17-7-9-21(18(2)13-17)26(35)11-12-27(36)30-15-20-16-33(28(37)38-20)19-8-10-24(22(29)14-19)34-25-6-4-3-5-23(25)31-32-34/h3-10,13-14,20H,11-12,15-16H2,1-2H3,(H,30,36)/p+1/t20-/m0/s1. The highest BCUT2D eigenvalue weighted by Gasteiger charge is 2.33. The minimum atomic E-state index is -0.624. The van der Waals surface area contributed by atoms with Crippen LogP contribution in [0.4, 0.5) is 14.9 Å². The molecule has 0 saturated carbocycles. The molecule has 0 radical (unpaired) electrons. The predicted octanol–water partition coefficient (Wildman–Crippen LogP) is 3.70. The minimum absolute atomic E-state index is 0.0309. The van der Waals surface area contributed by atoms with Gasteiger partial charge in [0.2, 0.25) is 16.9 Å². The molecule has 1 aromatic heterocycles. The molecule has 1 aliphatic rings. The first-order chi connectivity index (χ1) is 18.3. The molecular weight excluding hydrogens is 489 g/mol. The minimum Gasteiger partial charge on any atom is -0.442 e. The molecule has 9 nitrogen and oxygen atoms in total. The number of nitrogens with one attached hydrogen (secondary N) is 2. The summed E-state index contributed by atoms with van der Waals surface area (Å²) in [6, 6.07) is 17.4. The van der Waals surface area contributed by atoms with Crippen LogP contribution < -0.4 is 14.9 Å². The van der Waals surface area contributed by atoms with Gasteiger partial charge >= 0.3 is 6.09 Å². The van der Waals surface area contributed by atoms with Crippen molar-refractivity contribution in [2.75, 3.05) is 18.0 Å². The summed E-state index contributed by atoms with van der Waals surface area (Å²) < 4.78 is 21.9. The van der Waals surface area contributed by atoms with Crippen molar-refractivity contribution in [3.8, 4) is 5.69 Å². The predicted molar refractivity (Wildman–Crippen MR) is 138 cm³/mol. The smallest absolute Gasteiger partial charge is 0.414 e. The molecule has 4 aromatic rings. The van der Waals surface area contributed by atoms with Gasteiger partial charge in [0.15, 0.2) is 17.3 Å². The largest absolute Gasteiger partial charge is 0.442 e. The fourth-order valence-corrected chi connectivity index (χ4v) is 4.58. The number of H-pyrrole nitrogens is 1. The second-order valence-corrected chi connectivity index (χ2v) is 9.33. The van der Waals surface area contributed by atoms with Crippen molar-refractivity contribution in [2.24, 2.45) is 0 Å². The van der Waals surface area contributed by atoms with Crippen molar-refractivity contribution in [3.05, 3.63) is 83.2 Å². The second-order valence-electron chi connectivity index (χ2n) is 9.33. The Hall–Kier alpha value is -4.60. The van der Waals surface area contributed by atoms with Crippen LogP contribution in [-0.2, 0) is 9.53 Å². The number of fused-ring (bicyclic) bond motifs is 1. The summed E-state index contributed by atoms with van der Waals surface area (Å²) in [5, 5.41) is 9.69. The van der Waals surface area contributed by atoms with Crippen molar-refractivity contribution in [1.82, 2.24) is 15.6 Å². The molecule has 0 spiro atoms. The normalized spacial score (nSPS) is 15.1. The van der Waals surface area contributed by atoms with Crippen molar-refractivity contribution in [2.45, 2.75) is 32.8 Å². The molecule has 2 amide bonds. The highest BCUT2D eigenvalue weighted by atomic mass is 19.1. The number of halogens is 1. The molecular formula is C28H27FN5O4+. The van der Waals surface area contributed by atoms with E-state index in [1.807, 2.05) is 50.2 Å². The second kappa shape index (κ2) is 10.4. The average molecular weight is 517 g/mol. The van der Waals surface area contributed by atoms with E-state index in [-0.39, 0.29) is 43.3 Å². The number of amides is 2. The fourth-order valence-electron chi connectivity index (χ4n) is 4.58. The Morgan fingerprint density at radius 1 is 1.13 bits per heavy atom. The van der Waals surface area contributed by atoms with Gasteiger partial charge in [-0.15, -0.1) is 4.68 Å². The van der Waals surface area contributed by atoms with Crippen molar-refractivity contribution < 1.29 is 28.2 Å². The molecule has 2 heterocycles. The number of anilines is 1. The third-order valence-corrected chi connectivity index (χ3v) is 6.54. The number of hydrogen-bond donors (Lipinski definition) is 2. The first-order valence-corrected chi connectivity index (χ1v) is 12.3. The van der Waals surface area contributed by atoms with Gasteiger partial charge in [0, 0.05) is 29.6 Å². The van der Waals surface area contributed by atoms with E-state index in [9.17, 15) is 14.4 Å². The monoisotopic (exact) mass is 516 g/mol. The third kappa shape index (κ3) is 5.10. The summed E-state index contributed by atoms with van der Waals surface area (Å²) in [6.07, 6.45) is -1.11. The lowest BCUT2D eigenvalue weighted by Crippen LogP contribution is -2.35. The number of carbonyl (C=O) groups is 3. The number of para-hydroxylation sites is 2. The molecule has 1 fully saturated rings. The van der Waals surface area contributed by atoms with Gasteiger partial charge in [0.05, 0.1) is 18.8 Å². The number of Topliss-reactive ketones (excluding diaryl/α,β-unsaturated/α-hetero) is 1. The molecule has 2 N–H and O–H groups in total. The summed E-state index contributed by atoms with van der Waals surface area (Å²) >= 11 is 0. The molecule has 38 heavy (non-hydrogen) atoms. The van der Waals surface area contributed by atoms with E-state index < -0.39 is 18.0 Å². The quantitative estimate of drug-likeness (QED) is 0.274. The number of aromatic amines is 1. The van der Waals surface area contributed by atoms with Gasteiger partial charge in [-0.05, 0) is 43.7 Å². The maximum absolute atomic E-state index is 15.1. The van der Waals surface area contributed by atoms with Crippen molar-refractivity contribution in [1.29, 1.82) is 0 Å². The molecule has 5 rings (SSSR count). The molecule has 1 saturated heterocycles. The van der Waals surface area contributed by atoms with Gasteiger partial charge in [-0.1, -0.05) is 41.1 Å². The maximum atomic E-state index is 15.1. The summed E-state index contributed by atoms with van der Waals surface area (Å²) in [5.74, 6) is -0.945. The number of rotatable bonds is 8. The zero-order chi connectivity index (χ0) is 26.8. The van der Waals surface area contributed by atoms with Crippen molar-refractivity contribution >= 4 is 34.5 Å². The highest BCUT2D eigenvalue weighted by molar-refractivity contribution is 5.99. The lowest BCUT2D eigenvalue weighted by molar-refractivity contribution is -0.636. The molecule has 0 aliphatic carbocycles. The number of hydrogen-bond acceptors (Lipinski definition) is 5. The van der Waals surface area contributed by atoms with Gasteiger partial charge < -0.3 is 10.1 Å². The van der Waals surface area contributed by atoms with Crippen LogP contribution in [0.5, 0.6) is 0 Å². The Labute approximate surface area is 218 Å². The molecule has 10 heteroatoms. The number of nitrogens with zero attached hydrogens (tertiary/aromatic N) is 3. The SMILES string of the molecule is Cc1ccc(C(=O)CCC(=O)NC[C@H]2CN(c3ccc(-[n+]4[nH]nc5ccccc54)c(F)c3)C(=O)O2)c(C)c1. The lowest BCUT2D eigenvalue weighted by Gasteiger charge is -2.14. The Balaban J connectivity index is 1.16. The number of aromatic nitrogens is 3. The maximum Gasteiger partial charge on any atom is 0.414 e. The third-order valence-electron chi connectivity index (χ3n) is 6.54. The highest BCUT2D eigenvalue weighted by Crippen LogP contribution is 2.24. The van der Waals surface area contributed by atoms with E-state index in [1.54, 1.807) is 18.2 Å². The van der Waals surface area contributed by atoms with Crippen LogP contribution in [0.2, 0.25) is 0 Å². The number of ether oxygens (including phenoxy) is 1. The summed E-state index contributed by atoms with van der Waals surface area (Å²) in [4.78, 5) is 38.6. The van der Waals surface area contributed by atoms with Gasteiger partial charge in [0.1, 0.15) is 6.10 Å². The van der Waals surface area contributed by atoms with Crippen LogP contribution in [0.3, 0.4) is 0 Å². The molecule has 0 unspecified atom stereocenters. The van der Waals surface area contributed by atoms with Crippen LogP contribution in [0.1, 0.15) is 34.3 Å². The first kappa shape index (κ1) is 25.1. The molecule has 3 aromatic carbocycles. The Morgan fingerprint density at radius 2 is 1.95 bits per heavy atom. The van der Waals surface area contributed by atoms with Gasteiger partial charge in [0.25, 0.3) is 0 Å². The number of benzene rings is 3. The molecule has 0 bridgehead atoms. The number of aryl methyl sites for hydroxylation is 2. The van der Waals surface area contributed by atoms with Gasteiger partial charge in [-0.2, -0.15) is 0 Å². The van der Waals surface area contributed by atoms with Crippen LogP contribution >= 0.6 is 0 Å². The van der Waals surface area contributed by atoms with Crippen LogP contribution in [0.15, 0.2) is 60.7 Å².